The molecule has 0 atom stereocenters. The number of benzene rings is 1. The summed E-state index contributed by atoms with van der Waals surface area (Å²) >= 11 is 0. The second-order valence-electron chi connectivity index (χ2n) is 10.3. The predicted molar refractivity (Wildman–Crippen MR) is 160 cm³/mol. The number of rotatable bonds is 19. The van der Waals surface area contributed by atoms with Crippen molar-refractivity contribution < 1.29 is 32.3 Å². The number of esters is 1. The molecule has 0 unspecified atom stereocenters. The van der Waals surface area contributed by atoms with E-state index in [0.29, 0.717) is 39.0 Å². The zero-order valence-electron chi connectivity index (χ0n) is 25.1. The number of methoxy groups -OCH3 is 1. The van der Waals surface area contributed by atoms with Gasteiger partial charge in [-0.15, -0.1) is 0 Å². The summed E-state index contributed by atoms with van der Waals surface area (Å²) in [6.07, 6.45) is 13.0. The van der Waals surface area contributed by atoms with Crippen molar-refractivity contribution in [3.8, 4) is 0 Å². The van der Waals surface area contributed by atoms with Crippen LogP contribution in [0.15, 0.2) is 30.3 Å². The van der Waals surface area contributed by atoms with Gasteiger partial charge in [0, 0.05) is 38.5 Å². The first-order chi connectivity index (χ1) is 19.4. The van der Waals surface area contributed by atoms with Gasteiger partial charge in [-0.3, -0.25) is 0 Å². The van der Waals surface area contributed by atoms with Crippen LogP contribution >= 0.6 is 0 Å². The van der Waals surface area contributed by atoms with Crippen molar-refractivity contribution in [1.82, 2.24) is 5.32 Å². The van der Waals surface area contributed by atoms with E-state index in [1.54, 1.807) is 6.08 Å². The molecule has 0 bridgehead atoms. The van der Waals surface area contributed by atoms with E-state index in [9.17, 15) is 9.59 Å². The molecule has 0 heterocycles. The van der Waals surface area contributed by atoms with Crippen LogP contribution in [0.25, 0.3) is 6.08 Å². The predicted octanol–water partition coefficient (Wildman–Crippen LogP) is 6.56. The van der Waals surface area contributed by atoms with Gasteiger partial charge in [0.15, 0.2) is 0 Å². The molecule has 1 amide bonds. The smallest absolute Gasteiger partial charge is 0.466 e. The number of amides is 1. The first-order valence-corrected chi connectivity index (χ1v) is 17.0. The van der Waals surface area contributed by atoms with Crippen LogP contribution in [0.1, 0.15) is 83.3 Å². The van der Waals surface area contributed by atoms with Crippen LogP contribution in [0.2, 0.25) is 6.04 Å². The van der Waals surface area contributed by atoms with E-state index in [1.807, 2.05) is 32.9 Å². The number of carbonyl (C=O) groups is 2. The number of ether oxygens (including phenoxy) is 2. The molecule has 1 fully saturated rings. The number of nitrogens with one attached hydrogen (secondary N) is 1. The zero-order chi connectivity index (χ0) is 29.1. The molecular weight excluding hydrogens is 526 g/mol. The average molecular weight is 578 g/mol. The minimum absolute atomic E-state index is 0.341. The fraction of sp³-hybridized carbons (Fsp3) is 0.677. The monoisotopic (exact) mass is 577 g/mol. The maximum absolute atomic E-state index is 12.1. The number of hydrogen-bond donors (Lipinski definition) is 1. The standard InChI is InChI=1S/C31H51NO7Si/c1-5-37-40(38-6-2,39-7-3)25-9-23-32-31(34)36-24-8-10-26-11-13-27(14-12-26)15-16-28-17-19-29(20-18-28)21-22-30(33)35-4/h17-22,26-27H,5-16,23-25H2,1-4H3,(H,32,34)/b22-21+. The fourth-order valence-electron chi connectivity index (χ4n) is 5.29. The van der Waals surface area contributed by atoms with E-state index >= 15 is 0 Å². The van der Waals surface area contributed by atoms with Crippen LogP contribution in [0, 0.1) is 11.8 Å². The summed E-state index contributed by atoms with van der Waals surface area (Å²) in [5.74, 6) is 1.18. The molecular formula is C31H51NO7Si. The molecule has 0 spiro atoms. The minimum atomic E-state index is -2.66. The second kappa shape index (κ2) is 19.8. The lowest BCUT2D eigenvalue weighted by Crippen LogP contribution is -2.46. The third-order valence-corrected chi connectivity index (χ3v) is 10.6. The lowest BCUT2D eigenvalue weighted by molar-refractivity contribution is -0.134. The van der Waals surface area contributed by atoms with Gasteiger partial charge < -0.3 is 28.1 Å². The molecule has 0 aromatic heterocycles. The van der Waals surface area contributed by atoms with Crippen molar-refractivity contribution in [3.63, 3.8) is 0 Å². The van der Waals surface area contributed by atoms with E-state index in [0.717, 1.165) is 43.1 Å². The molecule has 0 saturated heterocycles. The van der Waals surface area contributed by atoms with Gasteiger partial charge in [0.05, 0.1) is 13.7 Å². The fourth-order valence-corrected chi connectivity index (χ4v) is 7.90. The van der Waals surface area contributed by atoms with Gasteiger partial charge in [0.2, 0.25) is 0 Å². The van der Waals surface area contributed by atoms with Gasteiger partial charge in [-0.25, -0.2) is 9.59 Å². The molecule has 226 valence electrons. The highest BCUT2D eigenvalue weighted by Gasteiger charge is 2.39. The van der Waals surface area contributed by atoms with E-state index in [4.69, 9.17) is 18.0 Å². The first kappa shape index (κ1) is 34.0. The second-order valence-corrected chi connectivity index (χ2v) is 13.0. The maximum atomic E-state index is 12.1. The van der Waals surface area contributed by atoms with Gasteiger partial charge in [0.25, 0.3) is 0 Å². The Labute approximate surface area is 242 Å². The molecule has 9 heteroatoms. The van der Waals surface area contributed by atoms with Gasteiger partial charge in [-0.1, -0.05) is 49.9 Å². The molecule has 1 N–H and O–H groups in total. The van der Waals surface area contributed by atoms with Crippen molar-refractivity contribution in [2.75, 3.05) is 40.1 Å². The minimum Gasteiger partial charge on any atom is -0.466 e. The SMILES string of the molecule is CCO[Si](CCCNC(=O)OCCCC1CCC(CCc2ccc(/C=C/C(=O)OC)cc2)CC1)(OCC)OCC. The lowest BCUT2D eigenvalue weighted by Gasteiger charge is -2.28. The molecule has 1 aromatic carbocycles. The highest BCUT2D eigenvalue weighted by molar-refractivity contribution is 6.60. The largest absolute Gasteiger partial charge is 0.500 e. The Morgan fingerprint density at radius 3 is 2.08 bits per heavy atom. The third-order valence-electron chi connectivity index (χ3n) is 7.41. The summed E-state index contributed by atoms with van der Waals surface area (Å²) in [6.45, 7) is 8.47. The van der Waals surface area contributed by atoms with E-state index in [2.05, 4.69) is 22.2 Å². The van der Waals surface area contributed by atoms with Crippen molar-refractivity contribution in [2.45, 2.75) is 84.6 Å². The topological polar surface area (TPSA) is 92.3 Å². The number of hydrogen-bond acceptors (Lipinski definition) is 7. The van der Waals surface area contributed by atoms with Crippen molar-refractivity contribution >= 4 is 26.9 Å². The van der Waals surface area contributed by atoms with E-state index in [-0.39, 0.29) is 12.1 Å². The Morgan fingerprint density at radius 1 is 0.900 bits per heavy atom. The summed E-state index contributed by atoms with van der Waals surface area (Å²) in [5.41, 5.74) is 2.34. The van der Waals surface area contributed by atoms with Crippen LogP contribution < -0.4 is 5.32 Å². The van der Waals surface area contributed by atoms with Crippen LogP contribution in [-0.4, -0.2) is 60.9 Å². The van der Waals surface area contributed by atoms with E-state index in [1.165, 1.54) is 50.9 Å². The first-order valence-electron chi connectivity index (χ1n) is 15.1. The number of aryl methyl sites for hydroxylation is 1. The summed E-state index contributed by atoms with van der Waals surface area (Å²) in [6, 6.07) is 9.07. The molecule has 2 rings (SSSR count). The zero-order valence-corrected chi connectivity index (χ0v) is 26.1. The van der Waals surface area contributed by atoms with Gasteiger partial charge in [0.1, 0.15) is 0 Å². The summed E-state index contributed by atoms with van der Waals surface area (Å²) in [7, 11) is -1.28. The summed E-state index contributed by atoms with van der Waals surface area (Å²) in [5, 5.41) is 2.84. The quantitative estimate of drug-likeness (QED) is 0.0862. The van der Waals surface area contributed by atoms with Crippen LogP contribution in [0.4, 0.5) is 4.79 Å². The van der Waals surface area contributed by atoms with Gasteiger partial charge in [-0.05, 0) is 81.9 Å². The molecule has 0 radical (unpaired) electrons. The molecule has 8 nitrogen and oxygen atoms in total. The average Bonchev–Trinajstić information content (AvgIpc) is 2.97. The van der Waals surface area contributed by atoms with Gasteiger partial charge >= 0.3 is 20.9 Å². The number of alkyl carbamates (subject to hydrolysis) is 1. The normalized spacial score (nSPS) is 17.6. The Morgan fingerprint density at radius 2 is 1.50 bits per heavy atom. The summed E-state index contributed by atoms with van der Waals surface area (Å²) < 4.78 is 27.6. The van der Waals surface area contributed by atoms with Gasteiger partial charge in [-0.2, -0.15) is 0 Å². The summed E-state index contributed by atoms with van der Waals surface area (Å²) in [4.78, 5) is 23.3. The molecule has 1 aliphatic carbocycles. The van der Waals surface area contributed by atoms with Crippen LogP contribution in [-0.2, 0) is 34.0 Å². The lowest BCUT2D eigenvalue weighted by atomic mass is 9.78. The highest BCUT2D eigenvalue weighted by Crippen LogP contribution is 2.34. The van der Waals surface area contributed by atoms with E-state index < -0.39 is 8.80 Å². The molecule has 1 saturated carbocycles. The Hall–Kier alpha value is -2.20. The van der Waals surface area contributed by atoms with Crippen molar-refractivity contribution in [2.24, 2.45) is 11.8 Å². The molecule has 0 aliphatic heterocycles. The Bertz CT molecular complexity index is 852. The molecule has 1 aromatic rings. The van der Waals surface area contributed by atoms with Crippen molar-refractivity contribution in [3.05, 3.63) is 41.5 Å². The molecule has 1 aliphatic rings. The Balaban J connectivity index is 1.54. The number of carbonyl (C=O) groups excluding carboxylic acids is 2. The Kier molecular flexibility index (Phi) is 16.8. The maximum Gasteiger partial charge on any atom is 0.500 e. The third kappa shape index (κ3) is 13.4. The molecule has 40 heavy (non-hydrogen) atoms. The highest BCUT2D eigenvalue weighted by atomic mass is 28.4. The van der Waals surface area contributed by atoms with Crippen LogP contribution in [0.3, 0.4) is 0 Å². The van der Waals surface area contributed by atoms with Crippen LogP contribution in [0.5, 0.6) is 0 Å². The van der Waals surface area contributed by atoms with Crippen molar-refractivity contribution in [1.29, 1.82) is 0 Å².